The van der Waals surface area contributed by atoms with E-state index in [4.69, 9.17) is 40.2 Å². The standard InChI is InChI=1S/C17H14Cl2N4O2S/c1-2-25-14-5-3-4-10(15(14)24)9-20-23-16(21-22-17(23)26)12-7-6-11(18)8-13(12)19/h3-9,24H,2H2,1H3,(H,22,26)/b20-9-. The minimum atomic E-state index is -0.000751. The van der Waals surface area contributed by atoms with Gasteiger partial charge < -0.3 is 9.84 Å². The van der Waals surface area contributed by atoms with Gasteiger partial charge in [-0.05, 0) is 49.5 Å². The number of aromatic nitrogens is 3. The van der Waals surface area contributed by atoms with Crippen molar-refractivity contribution in [3.63, 3.8) is 0 Å². The summed E-state index contributed by atoms with van der Waals surface area (Å²) in [4.78, 5) is 0. The second-order valence-electron chi connectivity index (χ2n) is 5.16. The number of aromatic amines is 1. The van der Waals surface area contributed by atoms with Gasteiger partial charge in [0.1, 0.15) is 0 Å². The third-order valence-corrected chi connectivity index (χ3v) is 4.28. The molecule has 134 valence electrons. The van der Waals surface area contributed by atoms with Crippen LogP contribution in [0.3, 0.4) is 0 Å². The van der Waals surface area contributed by atoms with Crippen LogP contribution in [-0.4, -0.2) is 32.8 Å². The van der Waals surface area contributed by atoms with Crippen molar-refractivity contribution in [3.8, 4) is 22.9 Å². The zero-order chi connectivity index (χ0) is 18.7. The Morgan fingerprint density at radius 1 is 1.35 bits per heavy atom. The Kier molecular flexibility index (Phi) is 5.61. The van der Waals surface area contributed by atoms with Gasteiger partial charge in [-0.25, -0.2) is 5.10 Å². The molecule has 0 amide bonds. The first-order valence-electron chi connectivity index (χ1n) is 7.63. The summed E-state index contributed by atoms with van der Waals surface area (Å²) in [5, 5.41) is 22.4. The van der Waals surface area contributed by atoms with E-state index in [1.807, 2.05) is 6.92 Å². The molecule has 0 saturated carbocycles. The first-order valence-corrected chi connectivity index (χ1v) is 8.79. The van der Waals surface area contributed by atoms with Gasteiger partial charge in [0.25, 0.3) is 0 Å². The SMILES string of the molecule is CCOc1cccc(/C=N\n2c(-c3ccc(Cl)cc3Cl)n[nH]c2=S)c1O. The molecule has 6 nitrogen and oxygen atoms in total. The molecule has 26 heavy (non-hydrogen) atoms. The number of phenolic OH excluding ortho intramolecular Hbond substituents is 1. The molecule has 3 aromatic rings. The van der Waals surface area contributed by atoms with E-state index in [0.717, 1.165) is 0 Å². The number of benzene rings is 2. The Balaban J connectivity index is 2.02. The van der Waals surface area contributed by atoms with Crippen molar-refractivity contribution in [2.45, 2.75) is 6.92 Å². The van der Waals surface area contributed by atoms with Crippen LogP contribution in [0.4, 0.5) is 0 Å². The zero-order valence-corrected chi connectivity index (χ0v) is 15.9. The van der Waals surface area contributed by atoms with Crippen molar-refractivity contribution >= 4 is 41.6 Å². The van der Waals surface area contributed by atoms with Crippen molar-refractivity contribution < 1.29 is 9.84 Å². The molecule has 0 spiro atoms. The Bertz CT molecular complexity index is 1030. The molecule has 0 bridgehead atoms. The van der Waals surface area contributed by atoms with Crippen LogP contribution in [0.25, 0.3) is 11.4 Å². The Morgan fingerprint density at radius 2 is 2.15 bits per heavy atom. The quantitative estimate of drug-likeness (QED) is 0.464. The number of nitrogens with zero attached hydrogens (tertiary/aromatic N) is 3. The van der Waals surface area contributed by atoms with Gasteiger partial charge in [0.2, 0.25) is 4.77 Å². The van der Waals surface area contributed by atoms with Crippen molar-refractivity contribution in [2.24, 2.45) is 5.10 Å². The second kappa shape index (κ2) is 7.90. The monoisotopic (exact) mass is 408 g/mol. The topological polar surface area (TPSA) is 75.4 Å². The summed E-state index contributed by atoms with van der Waals surface area (Å²) in [6.07, 6.45) is 1.47. The van der Waals surface area contributed by atoms with Gasteiger partial charge in [-0.1, -0.05) is 29.3 Å². The van der Waals surface area contributed by atoms with Crippen molar-refractivity contribution in [1.82, 2.24) is 14.9 Å². The minimum Gasteiger partial charge on any atom is -0.504 e. The fourth-order valence-corrected chi connectivity index (χ4v) is 2.95. The normalized spacial score (nSPS) is 11.2. The second-order valence-corrected chi connectivity index (χ2v) is 6.39. The molecule has 0 aliphatic carbocycles. The molecule has 1 aromatic heterocycles. The molecule has 9 heteroatoms. The number of phenols is 1. The highest BCUT2D eigenvalue weighted by atomic mass is 35.5. The molecular weight excluding hydrogens is 395 g/mol. The maximum atomic E-state index is 10.3. The van der Waals surface area contributed by atoms with Crippen LogP contribution in [0.1, 0.15) is 12.5 Å². The average molecular weight is 409 g/mol. The summed E-state index contributed by atoms with van der Waals surface area (Å²) in [6, 6.07) is 10.2. The van der Waals surface area contributed by atoms with Gasteiger partial charge >= 0.3 is 0 Å². The molecule has 0 radical (unpaired) electrons. The van der Waals surface area contributed by atoms with Crippen LogP contribution in [0.2, 0.25) is 10.0 Å². The maximum Gasteiger partial charge on any atom is 0.216 e. The maximum absolute atomic E-state index is 10.3. The summed E-state index contributed by atoms with van der Waals surface area (Å²) in [6.45, 7) is 2.29. The predicted molar refractivity (Wildman–Crippen MR) is 105 cm³/mol. The molecule has 0 atom stereocenters. The zero-order valence-electron chi connectivity index (χ0n) is 13.6. The summed E-state index contributed by atoms with van der Waals surface area (Å²) in [5.74, 6) is 0.806. The number of hydrogen-bond donors (Lipinski definition) is 2. The molecule has 0 saturated heterocycles. The largest absolute Gasteiger partial charge is 0.504 e. The number of aromatic hydroxyl groups is 1. The van der Waals surface area contributed by atoms with E-state index in [2.05, 4.69) is 15.3 Å². The number of hydrogen-bond acceptors (Lipinski definition) is 5. The van der Waals surface area contributed by atoms with Crippen LogP contribution in [-0.2, 0) is 0 Å². The van der Waals surface area contributed by atoms with E-state index >= 15 is 0 Å². The molecule has 2 N–H and O–H groups in total. The molecule has 0 aliphatic heterocycles. The fourth-order valence-electron chi connectivity index (χ4n) is 2.28. The predicted octanol–water partition coefficient (Wildman–Crippen LogP) is 4.90. The van der Waals surface area contributed by atoms with Crippen molar-refractivity contribution in [3.05, 3.63) is 56.8 Å². The van der Waals surface area contributed by atoms with Crippen LogP contribution in [0.15, 0.2) is 41.5 Å². The number of para-hydroxylation sites is 1. The summed E-state index contributed by atoms with van der Waals surface area (Å²) < 4.78 is 7.06. The van der Waals surface area contributed by atoms with Crippen molar-refractivity contribution in [1.29, 1.82) is 0 Å². The molecule has 0 fully saturated rings. The molecule has 3 rings (SSSR count). The van der Waals surface area contributed by atoms with Crippen LogP contribution >= 0.6 is 35.4 Å². The number of halogens is 2. The van der Waals surface area contributed by atoms with Crippen molar-refractivity contribution in [2.75, 3.05) is 6.61 Å². The third-order valence-electron chi connectivity index (χ3n) is 3.46. The molecule has 0 unspecified atom stereocenters. The number of rotatable bonds is 5. The van der Waals surface area contributed by atoms with E-state index in [-0.39, 0.29) is 10.5 Å². The fraction of sp³-hybridized carbons (Fsp3) is 0.118. The Labute approximate surface area is 164 Å². The lowest BCUT2D eigenvalue weighted by Gasteiger charge is -2.07. The van der Waals surface area contributed by atoms with Crippen LogP contribution < -0.4 is 4.74 Å². The van der Waals surface area contributed by atoms with Gasteiger partial charge in [0, 0.05) is 16.1 Å². The number of ether oxygens (including phenoxy) is 1. The highest BCUT2D eigenvalue weighted by Gasteiger charge is 2.13. The highest BCUT2D eigenvalue weighted by Crippen LogP contribution is 2.30. The molecule has 2 aromatic carbocycles. The first-order chi connectivity index (χ1) is 12.5. The lowest BCUT2D eigenvalue weighted by molar-refractivity contribution is 0.318. The smallest absolute Gasteiger partial charge is 0.216 e. The van der Waals surface area contributed by atoms with E-state index < -0.39 is 0 Å². The lowest BCUT2D eigenvalue weighted by Crippen LogP contribution is -1.97. The molecule has 0 aliphatic rings. The first kappa shape index (κ1) is 18.4. The molecule has 1 heterocycles. The number of H-pyrrole nitrogens is 1. The average Bonchev–Trinajstić information content (AvgIpc) is 2.96. The van der Waals surface area contributed by atoms with Gasteiger partial charge in [-0.15, -0.1) is 0 Å². The van der Waals surface area contributed by atoms with Crippen LogP contribution in [0.5, 0.6) is 11.5 Å². The third kappa shape index (κ3) is 3.75. The summed E-state index contributed by atoms with van der Waals surface area (Å²) in [7, 11) is 0. The minimum absolute atomic E-state index is 0.000751. The highest BCUT2D eigenvalue weighted by molar-refractivity contribution is 7.71. The number of nitrogens with one attached hydrogen (secondary N) is 1. The van der Waals surface area contributed by atoms with E-state index in [1.54, 1.807) is 36.4 Å². The van der Waals surface area contributed by atoms with Gasteiger partial charge in [-0.2, -0.15) is 14.9 Å². The van der Waals surface area contributed by atoms with E-state index in [0.29, 0.717) is 39.4 Å². The summed E-state index contributed by atoms with van der Waals surface area (Å²) >= 11 is 17.4. The van der Waals surface area contributed by atoms with Gasteiger partial charge in [0.15, 0.2) is 17.3 Å². The lowest BCUT2D eigenvalue weighted by atomic mass is 10.2. The van der Waals surface area contributed by atoms with Crippen LogP contribution in [0, 0.1) is 4.77 Å². The van der Waals surface area contributed by atoms with Gasteiger partial charge in [0.05, 0.1) is 17.8 Å². The molecular formula is C17H14Cl2N4O2S. The Hall–Kier alpha value is -2.35. The summed E-state index contributed by atoms with van der Waals surface area (Å²) in [5.41, 5.74) is 1.10. The van der Waals surface area contributed by atoms with Gasteiger partial charge in [-0.3, -0.25) is 0 Å². The van der Waals surface area contributed by atoms with E-state index in [1.165, 1.54) is 10.9 Å². The van der Waals surface area contributed by atoms with E-state index in [9.17, 15) is 5.11 Å². The Morgan fingerprint density at radius 3 is 2.88 bits per heavy atom.